The third-order valence-corrected chi connectivity index (χ3v) is 2.67. The molecule has 1 aromatic carbocycles. The SMILES string of the molecule is CCOc1ccc(C(=O)CCCC(C)C)cc1. The second kappa shape index (κ2) is 7.10. The molecule has 0 aliphatic heterocycles. The van der Waals surface area contributed by atoms with Gasteiger partial charge in [-0.2, -0.15) is 0 Å². The number of ether oxygens (including phenoxy) is 1. The fraction of sp³-hybridized carbons (Fsp3) is 0.533. The summed E-state index contributed by atoms with van der Waals surface area (Å²) in [5, 5.41) is 0. The zero-order chi connectivity index (χ0) is 12.7. The van der Waals surface area contributed by atoms with Crippen molar-refractivity contribution in [2.45, 2.75) is 40.0 Å². The predicted molar refractivity (Wildman–Crippen MR) is 70.6 cm³/mol. The third-order valence-electron chi connectivity index (χ3n) is 2.67. The number of carbonyl (C=O) groups is 1. The van der Waals surface area contributed by atoms with E-state index in [1.54, 1.807) is 0 Å². The summed E-state index contributed by atoms with van der Waals surface area (Å²) in [6.45, 7) is 6.97. The van der Waals surface area contributed by atoms with Crippen LogP contribution in [0.3, 0.4) is 0 Å². The zero-order valence-electron chi connectivity index (χ0n) is 11.0. The molecule has 0 saturated carbocycles. The van der Waals surface area contributed by atoms with Crippen LogP contribution in [0.15, 0.2) is 24.3 Å². The summed E-state index contributed by atoms with van der Waals surface area (Å²) in [6, 6.07) is 7.42. The normalized spacial score (nSPS) is 10.6. The molecule has 0 N–H and O–H groups in total. The van der Waals surface area contributed by atoms with E-state index in [1.807, 2.05) is 31.2 Å². The summed E-state index contributed by atoms with van der Waals surface area (Å²) >= 11 is 0. The first-order chi connectivity index (χ1) is 8.13. The van der Waals surface area contributed by atoms with Crippen molar-refractivity contribution in [3.63, 3.8) is 0 Å². The topological polar surface area (TPSA) is 26.3 Å². The van der Waals surface area contributed by atoms with Gasteiger partial charge in [-0.25, -0.2) is 0 Å². The predicted octanol–water partition coefficient (Wildman–Crippen LogP) is 4.09. The molecule has 0 aromatic heterocycles. The van der Waals surface area contributed by atoms with Crippen LogP contribution in [0.5, 0.6) is 5.75 Å². The number of rotatable bonds is 7. The van der Waals surface area contributed by atoms with Crippen molar-refractivity contribution < 1.29 is 9.53 Å². The molecular formula is C15H22O2. The van der Waals surface area contributed by atoms with Crippen molar-refractivity contribution in [3.05, 3.63) is 29.8 Å². The van der Waals surface area contributed by atoms with Crippen LogP contribution in [0.4, 0.5) is 0 Å². The molecule has 0 amide bonds. The average Bonchev–Trinajstić information content (AvgIpc) is 2.30. The molecular weight excluding hydrogens is 212 g/mol. The first kappa shape index (κ1) is 13.8. The summed E-state index contributed by atoms with van der Waals surface area (Å²) in [6.07, 6.45) is 2.73. The molecule has 1 rings (SSSR count). The molecule has 0 aliphatic carbocycles. The molecule has 0 saturated heterocycles. The highest BCUT2D eigenvalue weighted by atomic mass is 16.5. The Hall–Kier alpha value is -1.31. The Kier molecular flexibility index (Phi) is 5.75. The fourth-order valence-electron chi connectivity index (χ4n) is 1.72. The van der Waals surface area contributed by atoms with Crippen molar-refractivity contribution in [1.82, 2.24) is 0 Å². The Bertz CT molecular complexity index is 338. The molecule has 2 heteroatoms. The summed E-state index contributed by atoms with van der Waals surface area (Å²) in [4.78, 5) is 11.9. The molecule has 94 valence electrons. The second-order valence-electron chi connectivity index (χ2n) is 4.67. The molecule has 0 unspecified atom stereocenters. The van der Waals surface area contributed by atoms with Gasteiger partial charge in [0.2, 0.25) is 0 Å². The zero-order valence-corrected chi connectivity index (χ0v) is 11.0. The molecule has 0 aliphatic rings. The van der Waals surface area contributed by atoms with Crippen LogP contribution in [-0.4, -0.2) is 12.4 Å². The average molecular weight is 234 g/mol. The van der Waals surface area contributed by atoms with Crippen LogP contribution in [0, 0.1) is 5.92 Å². The number of carbonyl (C=O) groups excluding carboxylic acids is 1. The van der Waals surface area contributed by atoms with Gasteiger partial charge in [0.1, 0.15) is 5.75 Å². The molecule has 0 heterocycles. The minimum atomic E-state index is 0.230. The van der Waals surface area contributed by atoms with Gasteiger partial charge in [-0.05, 0) is 43.5 Å². The lowest BCUT2D eigenvalue weighted by molar-refractivity contribution is 0.0978. The Morgan fingerprint density at radius 1 is 1.24 bits per heavy atom. The van der Waals surface area contributed by atoms with Crippen LogP contribution in [0.2, 0.25) is 0 Å². The number of Topliss-reactive ketones (excluding diaryl/α,β-unsaturated/α-hetero) is 1. The van der Waals surface area contributed by atoms with Gasteiger partial charge in [-0.3, -0.25) is 4.79 Å². The van der Waals surface area contributed by atoms with Gasteiger partial charge in [0.15, 0.2) is 5.78 Å². The minimum absolute atomic E-state index is 0.230. The van der Waals surface area contributed by atoms with Gasteiger partial charge in [0.25, 0.3) is 0 Å². The summed E-state index contributed by atoms with van der Waals surface area (Å²) in [5.74, 6) is 1.73. The first-order valence-electron chi connectivity index (χ1n) is 6.39. The third kappa shape index (κ3) is 5.03. The van der Waals surface area contributed by atoms with Crippen LogP contribution in [0.25, 0.3) is 0 Å². The van der Waals surface area contributed by atoms with Gasteiger partial charge >= 0.3 is 0 Å². The number of benzene rings is 1. The number of hydrogen-bond acceptors (Lipinski definition) is 2. The molecule has 0 atom stereocenters. The van der Waals surface area contributed by atoms with E-state index in [0.29, 0.717) is 18.9 Å². The van der Waals surface area contributed by atoms with E-state index >= 15 is 0 Å². The molecule has 0 radical (unpaired) electrons. The molecule has 1 aromatic rings. The molecule has 0 spiro atoms. The molecule has 0 fully saturated rings. The Labute approximate surface area is 104 Å². The van der Waals surface area contributed by atoms with Crippen LogP contribution in [0.1, 0.15) is 50.4 Å². The fourth-order valence-corrected chi connectivity index (χ4v) is 1.72. The highest BCUT2D eigenvalue weighted by Gasteiger charge is 2.06. The second-order valence-corrected chi connectivity index (χ2v) is 4.67. The molecule has 2 nitrogen and oxygen atoms in total. The summed E-state index contributed by atoms with van der Waals surface area (Å²) in [5.41, 5.74) is 0.789. The van der Waals surface area contributed by atoms with Gasteiger partial charge < -0.3 is 4.74 Å². The summed E-state index contributed by atoms with van der Waals surface area (Å²) in [7, 11) is 0. The maximum atomic E-state index is 11.9. The lowest BCUT2D eigenvalue weighted by Crippen LogP contribution is -2.00. The van der Waals surface area contributed by atoms with E-state index in [9.17, 15) is 4.79 Å². The molecule has 17 heavy (non-hydrogen) atoms. The van der Waals surface area contributed by atoms with Gasteiger partial charge in [-0.15, -0.1) is 0 Å². The quantitative estimate of drug-likeness (QED) is 0.664. The van der Waals surface area contributed by atoms with Crippen molar-refractivity contribution in [1.29, 1.82) is 0 Å². The largest absolute Gasteiger partial charge is 0.494 e. The minimum Gasteiger partial charge on any atom is -0.494 e. The van der Waals surface area contributed by atoms with E-state index in [0.717, 1.165) is 24.2 Å². The first-order valence-corrected chi connectivity index (χ1v) is 6.39. The monoisotopic (exact) mass is 234 g/mol. The lowest BCUT2D eigenvalue weighted by atomic mass is 10.0. The number of ketones is 1. The van der Waals surface area contributed by atoms with Gasteiger partial charge in [0, 0.05) is 12.0 Å². The Morgan fingerprint density at radius 3 is 2.41 bits per heavy atom. The van der Waals surface area contributed by atoms with Crippen LogP contribution < -0.4 is 4.74 Å². The standard InChI is InChI=1S/C15H22O2/c1-4-17-14-10-8-13(9-11-14)15(16)7-5-6-12(2)3/h8-12H,4-7H2,1-3H3. The number of hydrogen-bond donors (Lipinski definition) is 0. The Balaban J connectivity index is 2.46. The van der Waals surface area contributed by atoms with Crippen molar-refractivity contribution >= 4 is 5.78 Å². The molecule has 0 bridgehead atoms. The van der Waals surface area contributed by atoms with E-state index in [2.05, 4.69) is 13.8 Å². The van der Waals surface area contributed by atoms with Crippen molar-refractivity contribution in [2.75, 3.05) is 6.61 Å². The van der Waals surface area contributed by atoms with Gasteiger partial charge in [-0.1, -0.05) is 20.3 Å². The van der Waals surface area contributed by atoms with Crippen LogP contribution >= 0.6 is 0 Å². The maximum Gasteiger partial charge on any atom is 0.162 e. The van der Waals surface area contributed by atoms with Crippen LogP contribution in [-0.2, 0) is 0 Å². The summed E-state index contributed by atoms with van der Waals surface area (Å²) < 4.78 is 5.34. The Morgan fingerprint density at radius 2 is 1.88 bits per heavy atom. The van der Waals surface area contributed by atoms with E-state index in [4.69, 9.17) is 4.74 Å². The lowest BCUT2D eigenvalue weighted by Gasteiger charge is -2.05. The van der Waals surface area contributed by atoms with E-state index < -0.39 is 0 Å². The smallest absolute Gasteiger partial charge is 0.162 e. The van der Waals surface area contributed by atoms with E-state index in [-0.39, 0.29) is 5.78 Å². The maximum absolute atomic E-state index is 11.9. The van der Waals surface area contributed by atoms with Crippen molar-refractivity contribution in [2.24, 2.45) is 5.92 Å². The van der Waals surface area contributed by atoms with E-state index in [1.165, 1.54) is 0 Å². The highest BCUT2D eigenvalue weighted by molar-refractivity contribution is 5.96. The van der Waals surface area contributed by atoms with Crippen molar-refractivity contribution in [3.8, 4) is 5.75 Å². The van der Waals surface area contributed by atoms with Gasteiger partial charge in [0.05, 0.1) is 6.61 Å². The highest BCUT2D eigenvalue weighted by Crippen LogP contribution is 2.15.